The van der Waals surface area contributed by atoms with Crippen LogP contribution in [-0.2, 0) is 0 Å². The van der Waals surface area contributed by atoms with Crippen molar-refractivity contribution in [2.45, 2.75) is 25.8 Å². The van der Waals surface area contributed by atoms with Crippen molar-refractivity contribution < 1.29 is 4.79 Å². The highest BCUT2D eigenvalue weighted by atomic mass is 16.2. The first-order valence-corrected chi connectivity index (χ1v) is 8.75. The van der Waals surface area contributed by atoms with Gasteiger partial charge in [0.25, 0.3) is 11.5 Å². The Morgan fingerprint density at radius 1 is 1.12 bits per heavy atom. The van der Waals surface area contributed by atoms with Gasteiger partial charge < -0.3 is 9.88 Å². The van der Waals surface area contributed by atoms with Crippen LogP contribution in [0.15, 0.2) is 47.3 Å². The van der Waals surface area contributed by atoms with Gasteiger partial charge in [0.15, 0.2) is 0 Å². The van der Waals surface area contributed by atoms with E-state index in [-0.39, 0.29) is 29.0 Å². The Labute approximate surface area is 148 Å². The van der Waals surface area contributed by atoms with Gasteiger partial charge >= 0.3 is 0 Å². The maximum Gasteiger partial charge on any atom is 0.261 e. The van der Waals surface area contributed by atoms with Crippen LogP contribution in [0, 0.1) is 0 Å². The van der Waals surface area contributed by atoms with Crippen LogP contribution in [0.2, 0.25) is 0 Å². The lowest BCUT2D eigenvalue weighted by molar-refractivity contribution is 0.0544. The Bertz CT molecular complexity index is 798. The van der Waals surface area contributed by atoms with Crippen molar-refractivity contribution >= 4 is 5.91 Å². The minimum absolute atomic E-state index is 0.146. The number of aromatic amines is 1. The standard InChI is InChI=1S/C20H25N3O2/c1-14(2)17-10-9-16(19(24)21-17)20(25)23-12-11-22(3)18(13-23)15-7-5-4-6-8-15/h4-10,14,18H,11-13H2,1-3H3,(H,21,24)/t18-/m0/s1. The van der Waals surface area contributed by atoms with Crippen LogP contribution < -0.4 is 5.56 Å². The molecule has 1 N–H and O–H groups in total. The van der Waals surface area contributed by atoms with Crippen molar-refractivity contribution in [2.24, 2.45) is 0 Å². The Morgan fingerprint density at radius 3 is 2.48 bits per heavy atom. The molecule has 5 heteroatoms. The molecule has 5 nitrogen and oxygen atoms in total. The minimum atomic E-state index is -0.300. The van der Waals surface area contributed by atoms with E-state index >= 15 is 0 Å². The zero-order valence-electron chi connectivity index (χ0n) is 15.0. The highest BCUT2D eigenvalue weighted by Crippen LogP contribution is 2.24. The summed E-state index contributed by atoms with van der Waals surface area (Å²) in [6.07, 6.45) is 0. The van der Waals surface area contributed by atoms with Gasteiger partial charge in [-0.15, -0.1) is 0 Å². The number of hydrogen-bond acceptors (Lipinski definition) is 3. The zero-order chi connectivity index (χ0) is 18.0. The van der Waals surface area contributed by atoms with E-state index in [1.54, 1.807) is 11.0 Å². The highest BCUT2D eigenvalue weighted by Gasteiger charge is 2.29. The summed E-state index contributed by atoms with van der Waals surface area (Å²) in [6.45, 7) is 6.03. The fraction of sp³-hybridized carbons (Fsp3) is 0.400. The molecular weight excluding hydrogens is 314 g/mol. The summed E-state index contributed by atoms with van der Waals surface area (Å²) in [4.78, 5) is 32.1. The minimum Gasteiger partial charge on any atom is -0.335 e. The molecule has 25 heavy (non-hydrogen) atoms. The topological polar surface area (TPSA) is 56.4 Å². The highest BCUT2D eigenvalue weighted by molar-refractivity contribution is 5.94. The fourth-order valence-electron chi connectivity index (χ4n) is 3.26. The third kappa shape index (κ3) is 3.66. The van der Waals surface area contributed by atoms with Gasteiger partial charge in [-0.05, 0) is 30.7 Å². The molecule has 1 aliphatic heterocycles. The Morgan fingerprint density at radius 2 is 1.84 bits per heavy atom. The summed E-state index contributed by atoms with van der Waals surface area (Å²) in [5.41, 5.74) is 1.96. The summed E-state index contributed by atoms with van der Waals surface area (Å²) in [5, 5.41) is 0. The van der Waals surface area contributed by atoms with E-state index in [1.165, 1.54) is 5.56 Å². The number of likely N-dealkylation sites (N-methyl/N-ethyl adjacent to an activating group) is 1. The molecule has 2 heterocycles. The number of nitrogens with one attached hydrogen (secondary N) is 1. The van der Waals surface area contributed by atoms with Crippen LogP contribution in [0.1, 0.15) is 47.4 Å². The molecule has 0 bridgehead atoms. The number of hydrogen-bond donors (Lipinski definition) is 1. The Hall–Kier alpha value is -2.40. The first-order valence-electron chi connectivity index (χ1n) is 8.75. The van der Waals surface area contributed by atoms with Crippen LogP contribution in [0.4, 0.5) is 0 Å². The molecule has 1 fully saturated rings. The van der Waals surface area contributed by atoms with Crippen LogP contribution in [0.25, 0.3) is 0 Å². The number of benzene rings is 1. The van der Waals surface area contributed by atoms with E-state index in [2.05, 4.69) is 29.1 Å². The second-order valence-corrected chi connectivity index (χ2v) is 6.97. The van der Waals surface area contributed by atoms with Crippen molar-refractivity contribution in [3.05, 3.63) is 69.6 Å². The number of amides is 1. The number of H-pyrrole nitrogens is 1. The molecule has 1 atom stereocenters. The molecule has 132 valence electrons. The number of carbonyl (C=O) groups is 1. The van der Waals surface area contributed by atoms with E-state index in [9.17, 15) is 9.59 Å². The summed E-state index contributed by atoms with van der Waals surface area (Å²) < 4.78 is 0. The van der Waals surface area contributed by atoms with Crippen molar-refractivity contribution in [3.8, 4) is 0 Å². The maximum absolute atomic E-state index is 12.9. The molecule has 0 radical (unpaired) electrons. The van der Waals surface area contributed by atoms with Crippen molar-refractivity contribution in [2.75, 3.05) is 26.7 Å². The molecule has 1 aromatic carbocycles. The van der Waals surface area contributed by atoms with E-state index in [0.29, 0.717) is 13.1 Å². The monoisotopic (exact) mass is 339 g/mol. The number of pyridine rings is 1. The van der Waals surface area contributed by atoms with E-state index < -0.39 is 0 Å². The largest absolute Gasteiger partial charge is 0.335 e. The molecule has 0 spiro atoms. The molecule has 1 aliphatic rings. The van der Waals surface area contributed by atoms with Crippen molar-refractivity contribution in [3.63, 3.8) is 0 Å². The summed E-state index contributed by atoms with van der Waals surface area (Å²) >= 11 is 0. The first kappa shape index (κ1) is 17.4. The molecule has 0 aliphatic carbocycles. The predicted molar refractivity (Wildman–Crippen MR) is 98.9 cm³/mol. The van der Waals surface area contributed by atoms with Gasteiger partial charge in [-0.2, -0.15) is 0 Å². The number of aromatic nitrogens is 1. The van der Waals surface area contributed by atoms with Gasteiger partial charge in [-0.25, -0.2) is 0 Å². The smallest absolute Gasteiger partial charge is 0.261 e. The van der Waals surface area contributed by atoms with Crippen LogP contribution in [0.3, 0.4) is 0 Å². The number of piperazine rings is 1. The van der Waals surface area contributed by atoms with Gasteiger partial charge in [-0.1, -0.05) is 44.2 Å². The molecule has 1 aromatic heterocycles. The number of carbonyl (C=O) groups excluding carboxylic acids is 1. The first-order chi connectivity index (χ1) is 12.0. The number of rotatable bonds is 3. The second-order valence-electron chi connectivity index (χ2n) is 6.97. The molecular formula is C20H25N3O2. The lowest BCUT2D eigenvalue weighted by Crippen LogP contribution is -2.49. The maximum atomic E-state index is 12.9. The van der Waals surface area contributed by atoms with Gasteiger partial charge in [0, 0.05) is 25.3 Å². The third-order valence-electron chi connectivity index (χ3n) is 4.90. The lowest BCUT2D eigenvalue weighted by Gasteiger charge is -2.39. The van der Waals surface area contributed by atoms with Crippen LogP contribution >= 0.6 is 0 Å². The van der Waals surface area contributed by atoms with Gasteiger partial charge in [0.05, 0.1) is 6.04 Å². The average molecular weight is 339 g/mol. The summed E-state index contributed by atoms with van der Waals surface area (Å²) in [5.74, 6) is 0.0357. The van der Waals surface area contributed by atoms with Gasteiger partial charge in [0.1, 0.15) is 5.56 Å². The molecule has 0 unspecified atom stereocenters. The SMILES string of the molecule is CC(C)c1ccc(C(=O)N2CCN(C)[C@H](c3ccccc3)C2)c(=O)[nH]1. The zero-order valence-corrected chi connectivity index (χ0v) is 15.0. The van der Waals surface area contributed by atoms with Crippen LogP contribution in [-0.4, -0.2) is 47.4 Å². The lowest BCUT2D eigenvalue weighted by atomic mass is 10.0. The average Bonchev–Trinajstić information content (AvgIpc) is 2.62. The quantitative estimate of drug-likeness (QED) is 0.935. The summed E-state index contributed by atoms with van der Waals surface area (Å²) in [6, 6.07) is 13.8. The van der Waals surface area contributed by atoms with Gasteiger partial charge in [0.2, 0.25) is 0 Å². The van der Waals surface area contributed by atoms with E-state index in [0.717, 1.165) is 12.2 Å². The second kappa shape index (κ2) is 7.23. The molecule has 1 saturated heterocycles. The van der Waals surface area contributed by atoms with E-state index in [1.807, 2.05) is 38.1 Å². The predicted octanol–water partition coefficient (Wildman–Crippen LogP) is 2.63. The van der Waals surface area contributed by atoms with Gasteiger partial charge in [-0.3, -0.25) is 14.5 Å². The Kier molecular flexibility index (Phi) is 5.04. The van der Waals surface area contributed by atoms with E-state index in [4.69, 9.17) is 0 Å². The molecule has 1 amide bonds. The normalized spacial score (nSPS) is 18.6. The molecule has 3 rings (SSSR count). The van der Waals surface area contributed by atoms with Crippen molar-refractivity contribution in [1.29, 1.82) is 0 Å². The number of nitrogens with zero attached hydrogens (tertiary/aromatic N) is 2. The van der Waals surface area contributed by atoms with Crippen molar-refractivity contribution in [1.82, 2.24) is 14.8 Å². The molecule has 0 saturated carbocycles. The summed E-state index contributed by atoms with van der Waals surface area (Å²) in [7, 11) is 2.07. The third-order valence-corrected chi connectivity index (χ3v) is 4.90. The fourth-order valence-corrected chi connectivity index (χ4v) is 3.26. The molecule has 2 aromatic rings. The Balaban J connectivity index is 1.82. The van der Waals surface area contributed by atoms with Crippen LogP contribution in [0.5, 0.6) is 0 Å².